The van der Waals surface area contributed by atoms with Crippen LogP contribution in [0.1, 0.15) is 29.8 Å². The standard InChI is InChI=1S/C20H17F3N2O3/c1-12(26)16-17(14-7-8-15(24-11-14)20(21,22)23)25(19(28)18(16)27)10-9-13-5-3-2-4-6-13/h2-8,11,17,27H,9-10H2,1H3. The molecular weight excluding hydrogens is 373 g/mol. The normalized spacial score (nSPS) is 17.4. The molecule has 8 heteroatoms. The molecule has 1 atom stereocenters. The number of ketones is 1. The molecular formula is C20H17F3N2O3. The smallest absolute Gasteiger partial charge is 0.433 e. The number of alkyl halides is 3. The molecule has 0 fully saturated rings. The summed E-state index contributed by atoms with van der Waals surface area (Å²) in [5.74, 6) is -1.94. The lowest BCUT2D eigenvalue weighted by Gasteiger charge is -2.26. The molecule has 1 aromatic carbocycles. The summed E-state index contributed by atoms with van der Waals surface area (Å²) in [6, 6.07) is 10.3. The lowest BCUT2D eigenvalue weighted by molar-refractivity contribution is -0.141. The largest absolute Gasteiger partial charge is 0.503 e. The Hall–Kier alpha value is -3.16. The number of rotatable bonds is 5. The van der Waals surface area contributed by atoms with Crippen LogP contribution in [-0.2, 0) is 22.2 Å². The lowest BCUT2D eigenvalue weighted by Crippen LogP contribution is -2.33. The van der Waals surface area contributed by atoms with E-state index in [2.05, 4.69) is 4.98 Å². The molecule has 5 nitrogen and oxygen atoms in total. The molecule has 0 saturated heterocycles. The Morgan fingerprint density at radius 2 is 1.86 bits per heavy atom. The molecule has 1 amide bonds. The number of hydrogen-bond acceptors (Lipinski definition) is 4. The fourth-order valence-electron chi connectivity index (χ4n) is 3.22. The maximum absolute atomic E-state index is 12.8. The van der Waals surface area contributed by atoms with Crippen molar-refractivity contribution in [2.24, 2.45) is 0 Å². The molecule has 0 saturated carbocycles. The zero-order valence-electron chi connectivity index (χ0n) is 14.9. The number of nitrogens with zero attached hydrogens (tertiary/aromatic N) is 2. The first kappa shape index (κ1) is 19.6. The number of Topliss-reactive ketones (excluding diaryl/α,β-unsaturated/α-hetero) is 1. The van der Waals surface area contributed by atoms with Gasteiger partial charge in [-0.15, -0.1) is 0 Å². The van der Waals surface area contributed by atoms with Gasteiger partial charge in [-0.05, 0) is 30.5 Å². The molecule has 0 aliphatic carbocycles. The highest BCUT2D eigenvalue weighted by Gasteiger charge is 2.42. The van der Waals surface area contributed by atoms with Gasteiger partial charge in [0.2, 0.25) is 0 Å². The third-order valence-electron chi connectivity index (χ3n) is 4.56. The molecule has 3 rings (SSSR count). The number of aliphatic hydroxyl groups excluding tert-OH is 1. The quantitative estimate of drug-likeness (QED) is 0.847. The third-order valence-corrected chi connectivity index (χ3v) is 4.56. The summed E-state index contributed by atoms with van der Waals surface area (Å²) in [7, 11) is 0. The van der Waals surface area contributed by atoms with Crippen molar-refractivity contribution >= 4 is 11.7 Å². The second-order valence-electron chi connectivity index (χ2n) is 6.43. The summed E-state index contributed by atoms with van der Waals surface area (Å²) in [4.78, 5) is 29.2. The van der Waals surface area contributed by atoms with Gasteiger partial charge in [-0.3, -0.25) is 14.6 Å². The van der Waals surface area contributed by atoms with Crippen LogP contribution in [0.25, 0.3) is 0 Å². The van der Waals surface area contributed by atoms with Crippen LogP contribution < -0.4 is 0 Å². The summed E-state index contributed by atoms with van der Waals surface area (Å²) in [6.45, 7) is 1.37. The Morgan fingerprint density at radius 3 is 2.39 bits per heavy atom. The van der Waals surface area contributed by atoms with Gasteiger partial charge in [0.15, 0.2) is 11.5 Å². The van der Waals surface area contributed by atoms with Crippen LogP contribution in [0.15, 0.2) is 60.0 Å². The van der Waals surface area contributed by atoms with Gasteiger partial charge in [0.05, 0.1) is 11.6 Å². The minimum atomic E-state index is -4.60. The topological polar surface area (TPSA) is 70.5 Å². The van der Waals surface area contributed by atoms with Gasteiger partial charge in [-0.1, -0.05) is 36.4 Å². The molecule has 2 aromatic rings. The fourth-order valence-corrected chi connectivity index (χ4v) is 3.22. The maximum Gasteiger partial charge on any atom is 0.433 e. The SMILES string of the molecule is CC(=O)C1=C(O)C(=O)N(CCc2ccccc2)C1c1ccc(C(F)(F)F)nc1. The van der Waals surface area contributed by atoms with E-state index in [0.29, 0.717) is 6.42 Å². The van der Waals surface area contributed by atoms with Crippen LogP contribution in [-0.4, -0.2) is 33.2 Å². The highest BCUT2D eigenvalue weighted by molar-refractivity contribution is 6.08. The van der Waals surface area contributed by atoms with Gasteiger partial charge >= 0.3 is 6.18 Å². The van der Waals surface area contributed by atoms with Gasteiger partial charge in [0.25, 0.3) is 5.91 Å². The Kier molecular flexibility index (Phi) is 5.22. The molecule has 0 radical (unpaired) electrons. The molecule has 1 aliphatic rings. The van der Waals surface area contributed by atoms with Crippen LogP contribution in [0.4, 0.5) is 13.2 Å². The maximum atomic E-state index is 12.8. The average molecular weight is 390 g/mol. The molecule has 0 spiro atoms. The van der Waals surface area contributed by atoms with E-state index in [0.717, 1.165) is 17.8 Å². The van der Waals surface area contributed by atoms with Gasteiger partial charge in [0.1, 0.15) is 5.69 Å². The molecule has 1 unspecified atom stereocenters. The zero-order chi connectivity index (χ0) is 20.5. The predicted octanol–water partition coefficient (Wildman–Crippen LogP) is 3.63. The second-order valence-corrected chi connectivity index (χ2v) is 6.43. The Bertz CT molecular complexity index is 922. The summed E-state index contributed by atoms with van der Waals surface area (Å²) >= 11 is 0. The van der Waals surface area contributed by atoms with E-state index in [1.54, 1.807) is 0 Å². The average Bonchev–Trinajstić information content (AvgIpc) is 2.91. The number of carbonyl (C=O) groups excluding carboxylic acids is 2. The zero-order valence-corrected chi connectivity index (χ0v) is 14.9. The fraction of sp³-hybridized carbons (Fsp3) is 0.250. The number of amides is 1. The van der Waals surface area contributed by atoms with Crippen molar-refractivity contribution in [3.63, 3.8) is 0 Å². The van der Waals surface area contributed by atoms with Crippen molar-refractivity contribution in [2.45, 2.75) is 25.6 Å². The van der Waals surface area contributed by atoms with Gasteiger partial charge in [-0.2, -0.15) is 13.2 Å². The number of hydrogen-bond donors (Lipinski definition) is 1. The summed E-state index contributed by atoms with van der Waals surface area (Å²) < 4.78 is 38.3. The summed E-state index contributed by atoms with van der Waals surface area (Å²) in [5, 5.41) is 10.2. The van der Waals surface area contributed by atoms with E-state index >= 15 is 0 Å². The van der Waals surface area contributed by atoms with E-state index in [1.165, 1.54) is 17.9 Å². The van der Waals surface area contributed by atoms with E-state index in [1.807, 2.05) is 30.3 Å². The van der Waals surface area contributed by atoms with Gasteiger partial charge < -0.3 is 10.0 Å². The number of aromatic nitrogens is 1. The monoisotopic (exact) mass is 390 g/mol. The Balaban J connectivity index is 1.94. The Morgan fingerprint density at radius 1 is 1.18 bits per heavy atom. The molecule has 28 heavy (non-hydrogen) atoms. The van der Waals surface area contributed by atoms with Crippen LogP contribution in [0.2, 0.25) is 0 Å². The first-order valence-corrected chi connectivity index (χ1v) is 8.52. The Labute approximate surface area is 159 Å². The number of carbonyl (C=O) groups is 2. The predicted molar refractivity (Wildman–Crippen MR) is 94.2 cm³/mol. The number of halogens is 3. The van der Waals surface area contributed by atoms with E-state index in [-0.39, 0.29) is 17.7 Å². The minimum Gasteiger partial charge on any atom is -0.503 e. The first-order valence-electron chi connectivity index (χ1n) is 8.52. The van der Waals surface area contributed by atoms with Crippen molar-refractivity contribution in [3.05, 3.63) is 76.8 Å². The van der Waals surface area contributed by atoms with Gasteiger partial charge in [0, 0.05) is 12.7 Å². The first-order chi connectivity index (χ1) is 13.2. The van der Waals surface area contributed by atoms with Crippen LogP contribution in [0, 0.1) is 0 Å². The van der Waals surface area contributed by atoms with Crippen molar-refractivity contribution in [3.8, 4) is 0 Å². The van der Waals surface area contributed by atoms with Crippen molar-refractivity contribution in [2.75, 3.05) is 6.54 Å². The summed E-state index contributed by atoms with van der Waals surface area (Å²) in [6.07, 6.45) is -3.16. The molecule has 1 aromatic heterocycles. The minimum absolute atomic E-state index is 0.139. The van der Waals surface area contributed by atoms with Crippen LogP contribution >= 0.6 is 0 Å². The van der Waals surface area contributed by atoms with Crippen molar-refractivity contribution in [1.82, 2.24) is 9.88 Å². The molecule has 1 aliphatic heterocycles. The van der Waals surface area contributed by atoms with Crippen molar-refractivity contribution < 1.29 is 27.9 Å². The molecule has 1 N–H and O–H groups in total. The van der Waals surface area contributed by atoms with Gasteiger partial charge in [-0.25, -0.2) is 0 Å². The van der Waals surface area contributed by atoms with E-state index in [9.17, 15) is 27.9 Å². The molecule has 146 valence electrons. The van der Waals surface area contributed by atoms with Crippen LogP contribution in [0.5, 0.6) is 0 Å². The summed E-state index contributed by atoms with van der Waals surface area (Å²) in [5.41, 5.74) is -0.0485. The van der Waals surface area contributed by atoms with E-state index < -0.39 is 35.4 Å². The second kappa shape index (κ2) is 7.46. The number of benzene rings is 1. The molecule has 0 bridgehead atoms. The third kappa shape index (κ3) is 3.76. The van der Waals surface area contributed by atoms with Crippen LogP contribution in [0.3, 0.4) is 0 Å². The lowest BCUT2D eigenvalue weighted by atomic mass is 9.97. The highest BCUT2D eigenvalue weighted by Crippen LogP contribution is 2.38. The number of aliphatic hydroxyl groups is 1. The van der Waals surface area contributed by atoms with E-state index in [4.69, 9.17) is 0 Å². The highest BCUT2D eigenvalue weighted by atomic mass is 19.4. The van der Waals surface area contributed by atoms with Crippen molar-refractivity contribution in [1.29, 1.82) is 0 Å². The number of pyridine rings is 1. The molecule has 2 heterocycles.